The van der Waals surface area contributed by atoms with Crippen LogP contribution in [-0.2, 0) is 41.9 Å². The molecular formula is C45H53F2N9O4. The molecule has 0 aliphatic carbocycles. The van der Waals surface area contributed by atoms with Crippen LogP contribution in [0.2, 0.25) is 0 Å². The number of amides is 2. The minimum Gasteiger partial charge on any atom is -0.394 e. The number of nitrogens with zero attached hydrogens (tertiary/aromatic N) is 5. The number of aromatic amines is 2. The van der Waals surface area contributed by atoms with Crippen molar-refractivity contribution in [2.45, 2.75) is 86.2 Å². The van der Waals surface area contributed by atoms with Crippen LogP contribution in [0.3, 0.4) is 0 Å². The van der Waals surface area contributed by atoms with Gasteiger partial charge in [-0.2, -0.15) is 0 Å². The number of likely N-dealkylation sites (N-methyl/N-ethyl adjacent to an activating group) is 1. The number of allylic oxidation sites excluding steroid dienone is 1. The van der Waals surface area contributed by atoms with E-state index in [1.807, 2.05) is 39.8 Å². The van der Waals surface area contributed by atoms with Crippen molar-refractivity contribution in [3.05, 3.63) is 127 Å². The van der Waals surface area contributed by atoms with Gasteiger partial charge in [0.25, 0.3) is 11.1 Å². The van der Waals surface area contributed by atoms with Gasteiger partial charge < -0.3 is 35.1 Å². The Kier molecular flexibility index (Phi) is 13.5. The molecule has 0 saturated heterocycles. The van der Waals surface area contributed by atoms with Crippen LogP contribution in [0.1, 0.15) is 80.9 Å². The molecule has 60 heavy (non-hydrogen) atoms. The smallest absolute Gasteiger partial charge is 0.274 e. The highest BCUT2D eigenvalue weighted by Gasteiger charge is 2.21. The minimum absolute atomic E-state index is 0.128. The predicted molar refractivity (Wildman–Crippen MR) is 231 cm³/mol. The Morgan fingerprint density at radius 3 is 2.10 bits per heavy atom. The summed E-state index contributed by atoms with van der Waals surface area (Å²) in [4.78, 5) is 68.5. The molecule has 0 aliphatic rings. The first-order valence-corrected chi connectivity index (χ1v) is 20.3. The second-order valence-corrected chi connectivity index (χ2v) is 16.3. The van der Waals surface area contributed by atoms with Crippen LogP contribution in [0, 0.1) is 30.4 Å². The first kappa shape index (κ1) is 43.2. The summed E-state index contributed by atoms with van der Waals surface area (Å²) in [5.74, 6) is -0.941. The number of hydrogen-bond donors (Lipinski definition) is 4. The van der Waals surface area contributed by atoms with E-state index in [1.165, 1.54) is 20.1 Å². The lowest BCUT2D eigenvalue weighted by atomic mass is 10.0. The summed E-state index contributed by atoms with van der Waals surface area (Å²) in [6, 6.07) is 10.1. The lowest BCUT2D eigenvalue weighted by Crippen LogP contribution is -2.27. The number of hydrogen-bond acceptors (Lipinski definition) is 7. The monoisotopic (exact) mass is 821 g/mol. The van der Waals surface area contributed by atoms with E-state index >= 15 is 4.39 Å². The zero-order valence-corrected chi connectivity index (χ0v) is 35.0. The van der Waals surface area contributed by atoms with Crippen LogP contribution >= 0.6 is 0 Å². The summed E-state index contributed by atoms with van der Waals surface area (Å²) < 4.78 is 33.9. The summed E-state index contributed by atoms with van der Waals surface area (Å²) in [5.41, 5.74) is 10.8. The molecule has 15 heteroatoms. The minimum atomic E-state index is -0.412. The number of fused-ring (bicyclic) bond motifs is 2. The van der Waals surface area contributed by atoms with Crippen molar-refractivity contribution in [2.24, 2.45) is 11.8 Å². The Balaban J connectivity index is 1.01. The molecule has 0 bridgehead atoms. The topological polar surface area (TPSA) is 177 Å². The summed E-state index contributed by atoms with van der Waals surface area (Å²) >= 11 is 0. The van der Waals surface area contributed by atoms with E-state index in [4.69, 9.17) is 5.73 Å². The molecule has 2 amide bonds. The SMILES string of the molecule is Cc1nc2cc(Cn3cccc(NC(=O)CCC/C=C/C(=O)N(C)CCc4nc5cc(Cn6cccc(N)c6=O)[nH]c5c(CC(C)C)c4F)c3=O)[nH]c2c(CC(C)C)c1F. The standard InChI is InChI=1S/C45H53F2N9O4/c1-26(2)20-31-40(46)28(5)49-36-22-29(50-42(31)36)25-56-18-11-13-35(45(56)60)53-38(57)14-8-7-9-15-39(58)54(6)19-16-34-41(47)32(21-27(3)4)43-37(52-34)23-30(51-43)24-55-17-10-12-33(48)44(55)59/h9-13,15,17-18,22-23,26-27,50-51H,7-8,14,16,19-21,24-25,48H2,1-6H3,(H,53,57)/b15-9+. The lowest BCUT2D eigenvalue weighted by Gasteiger charge is -2.16. The first-order valence-electron chi connectivity index (χ1n) is 20.3. The maximum Gasteiger partial charge on any atom is 0.274 e. The van der Waals surface area contributed by atoms with Gasteiger partial charge in [-0.15, -0.1) is 0 Å². The van der Waals surface area contributed by atoms with Gasteiger partial charge in [0.15, 0.2) is 0 Å². The maximum atomic E-state index is 16.0. The molecule has 0 saturated carbocycles. The van der Waals surface area contributed by atoms with Crippen molar-refractivity contribution in [3.8, 4) is 0 Å². The van der Waals surface area contributed by atoms with Gasteiger partial charge in [0.05, 0.1) is 52.2 Å². The Bertz CT molecular complexity index is 2690. The highest BCUT2D eigenvalue weighted by Crippen LogP contribution is 2.27. The number of nitrogens with two attached hydrogens (primary N) is 1. The van der Waals surface area contributed by atoms with Crippen LogP contribution in [-0.4, -0.2) is 59.4 Å². The number of aromatic nitrogens is 6. The summed E-state index contributed by atoms with van der Waals surface area (Å²) in [5, 5.41) is 2.70. The van der Waals surface area contributed by atoms with Crippen LogP contribution in [0.15, 0.2) is 70.5 Å². The average molecular weight is 822 g/mol. The Morgan fingerprint density at radius 1 is 0.883 bits per heavy atom. The number of carbonyl (C=O) groups is 2. The van der Waals surface area contributed by atoms with Crippen LogP contribution in [0.5, 0.6) is 0 Å². The fraction of sp³-hybridized carbons (Fsp3) is 0.378. The molecule has 6 aromatic rings. The summed E-state index contributed by atoms with van der Waals surface area (Å²) in [6.07, 6.45) is 8.62. The number of nitrogens with one attached hydrogen (secondary N) is 3. The van der Waals surface area contributed by atoms with E-state index in [0.29, 0.717) is 76.0 Å². The van der Waals surface area contributed by atoms with Gasteiger partial charge in [0, 0.05) is 61.3 Å². The Morgan fingerprint density at radius 2 is 1.47 bits per heavy atom. The Hall–Kier alpha value is -6.38. The van der Waals surface area contributed by atoms with E-state index in [0.717, 1.165) is 0 Å². The molecule has 316 valence electrons. The maximum absolute atomic E-state index is 16.0. The summed E-state index contributed by atoms with van der Waals surface area (Å²) in [6.45, 7) is 10.3. The van der Waals surface area contributed by atoms with Crippen molar-refractivity contribution in [2.75, 3.05) is 24.6 Å². The molecule has 6 rings (SSSR count). The van der Waals surface area contributed by atoms with Gasteiger partial charge in [-0.05, 0) is 86.9 Å². The molecule has 0 unspecified atom stereocenters. The molecule has 0 spiro atoms. The fourth-order valence-electron chi connectivity index (χ4n) is 7.30. The molecular weight excluding hydrogens is 769 g/mol. The molecule has 0 radical (unpaired) electrons. The Labute approximate surface area is 346 Å². The van der Waals surface area contributed by atoms with Gasteiger partial charge in [0.2, 0.25) is 11.8 Å². The third-order valence-electron chi connectivity index (χ3n) is 10.3. The van der Waals surface area contributed by atoms with E-state index < -0.39 is 5.82 Å². The normalized spacial score (nSPS) is 11.8. The number of H-pyrrole nitrogens is 2. The van der Waals surface area contributed by atoms with Crippen molar-refractivity contribution in [3.63, 3.8) is 0 Å². The van der Waals surface area contributed by atoms with E-state index in [1.54, 1.807) is 56.7 Å². The van der Waals surface area contributed by atoms with Crippen molar-refractivity contribution in [1.29, 1.82) is 0 Å². The quantitative estimate of drug-likeness (QED) is 0.0578. The molecule has 6 heterocycles. The molecule has 5 N–H and O–H groups in total. The van der Waals surface area contributed by atoms with Gasteiger partial charge >= 0.3 is 0 Å². The van der Waals surface area contributed by atoms with Crippen molar-refractivity contribution in [1.82, 2.24) is 34.0 Å². The number of nitrogen functional groups attached to an aromatic ring is 1. The third-order valence-corrected chi connectivity index (χ3v) is 10.3. The number of halogens is 2. The number of carbonyl (C=O) groups excluding carboxylic acids is 2. The van der Waals surface area contributed by atoms with E-state index in [2.05, 4.69) is 25.3 Å². The predicted octanol–water partition coefficient (Wildman–Crippen LogP) is 6.79. The van der Waals surface area contributed by atoms with Crippen LogP contribution < -0.4 is 22.2 Å². The van der Waals surface area contributed by atoms with Gasteiger partial charge in [0.1, 0.15) is 17.3 Å². The number of pyridine rings is 4. The zero-order chi connectivity index (χ0) is 43.2. The third kappa shape index (κ3) is 10.1. The van der Waals surface area contributed by atoms with Gasteiger partial charge in [-0.25, -0.2) is 18.7 Å². The van der Waals surface area contributed by atoms with E-state index in [-0.39, 0.29) is 90.1 Å². The second kappa shape index (κ2) is 18.7. The van der Waals surface area contributed by atoms with Gasteiger partial charge in [-0.1, -0.05) is 33.8 Å². The number of unbranched alkanes of at least 4 members (excludes halogenated alkanes) is 1. The van der Waals surface area contributed by atoms with E-state index in [9.17, 15) is 23.6 Å². The summed E-state index contributed by atoms with van der Waals surface area (Å²) in [7, 11) is 1.63. The highest BCUT2D eigenvalue weighted by molar-refractivity contribution is 5.90. The number of anilines is 2. The van der Waals surface area contributed by atoms with Crippen molar-refractivity contribution >= 4 is 45.3 Å². The average Bonchev–Trinajstić information content (AvgIpc) is 3.79. The zero-order valence-electron chi connectivity index (χ0n) is 35.0. The fourth-order valence-corrected chi connectivity index (χ4v) is 7.30. The molecule has 6 aromatic heterocycles. The molecule has 0 fully saturated rings. The van der Waals surface area contributed by atoms with Crippen LogP contribution in [0.25, 0.3) is 22.1 Å². The first-order chi connectivity index (χ1) is 28.6. The van der Waals surface area contributed by atoms with Gasteiger partial charge in [-0.3, -0.25) is 19.2 Å². The molecule has 13 nitrogen and oxygen atoms in total. The van der Waals surface area contributed by atoms with Crippen LogP contribution in [0.4, 0.5) is 20.2 Å². The largest absolute Gasteiger partial charge is 0.394 e. The van der Waals surface area contributed by atoms with Crippen molar-refractivity contribution < 1.29 is 18.4 Å². The highest BCUT2D eigenvalue weighted by atomic mass is 19.1. The lowest BCUT2D eigenvalue weighted by molar-refractivity contribution is -0.124. The number of rotatable bonds is 17. The molecule has 0 aliphatic heterocycles. The molecule has 0 aromatic carbocycles. The number of aryl methyl sites for hydroxylation is 1. The molecule has 0 atom stereocenters. The second-order valence-electron chi connectivity index (χ2n) is 16.3.